The van der Waals surface area contributed by atoms with Crippen LogP contribution in [0.3, 0.4) is 0 Å². The summed E-state index contributed by atoms with van der Waals surface area (Å²) in [6.07, 6.45) is 3.45. The fraction of sp³-hybridized carbons (Fsp3) is 0.421. The Morgan fingerprint density at radius 2 is 1.96 bits per heavy atom. The lowest BCUT2D eigenvalue weighted by Crippen LogP contribution is -2.12. The zero-order chi connectivity index (χ0) is 16.1. The van der Waals surface area contributed by atoms with Crippen LogP contribution in [-0.2, 0) is 6.42 Å². The lowest BCUT2D eigenvalue weighted by atomic mass is 9.84. The van der Waals surface area contributed by atoms with Gasteiger partial charge in [-0.3, -0.25) is 0 Å². The molecule has 1 heterocycles. The molecule has 0 radical (unpaired) electrons. The highest BCUT2D eigenvalue weighted by molar-refractivity contribution is 5.99. The quantitative estimate of drug-likeness (QED) is 0.923. The van der Waals surface area contributed by atoms with E-state index < -0.39 is 0 Å². The highest BCUT2D eigenvalue weighted by atomic mass is 16.5. The zero-order valence-corrected chi connectivity index (χ0v) is 13.8. The third kappa shape index (κ3) is 2.05. The van der Waals surface area contributed by atoms with Crippen molar-refractivity contribution in [2.75, 3.05) is 14.2 Å². The molecule has 4 heteroatoms. The van der Waals surface area contributed by atoms with Crippen molar-refractivity contribution in [2.24, 2.45) is 0 Å². The molecule has 0 bridgehead atoms. The molecule has 1 aromatic carbocycles. The van der Waals surface area contributed by atoms with E-state index in [0.717, 1.165) is 59.0 Å². The lowest BCUT2D eigenvalue weighted by Gasteiger charge is -2.25. The molecule has 0 unspecified atom stereocenters. The Kier molecular flexibility index (Phi) is 3.31. The van der Waals surface area contributed by atoms with Crippen LogP contribution in [0.15, 0.2) is 17.7 Å². The highest BCUT2D eigenvalue weighted by Gasteiger charge is 2.33. The molecule has 2 aliphatic carbocycles. The van der Waals surface area contributed by atoms with E-state index >= 15 is 0 Å². The predicted octanol–water partition coefficient (Wildman–Crippen LogP) is 3.41. The molecule has 0 amide bonds. The molecular weight excluding hydrogens is 290 g/mol. The number of benzene rings is 1. The van der Waals surface area contributed by atoms with Crippen molar-refractivity contribution in [3.8, 4) is 11.6 Å². The largest absolute Gasteiger partial charge is 0.495 e. The number of methoxy groups -OCH3 is 2. The number of aliphatic hydroxyl groups excluding tert-OH is 1. The van der Waals surface area contributed by atoms with Gasteiger partial charge < -0.3 is 14.6 Å². The second kappa shape index (κ2) is 5.24. The fourth-order valence-electron chi connectivity index (χ4n) is 4.10. The van der Waals surface area contributed by atoms with Crippen molar-refractivity contribution in [1.29, 1.82) is 0 Å². The molecule has 0 saturated carbocycles. The third-order valence-electron chi connectivity index (χ3n) is 5.05. The number of rotatable bonds is 2. The molecular formula is C19H21NO3. The summed E-state index contributed by atoms with van der Waals surface area (Å²) in [6, 6.07) is 4.27. The van der Waals surface area contributed by atoms with Gasteiger partial charge >= 0.3 is 0 Å². The molecule has 4 rings (SSSR count). The first-order valence-electron chi connectivity index (χ1n) is 8.09. The van der Waals surface area contributed by atoms with Crippen LogP contribution in [0.2, 0.25) is 0 Å². The summed E-state index contributed by atoms with van der Waals surface area (Å²) in [5.41, 5.74) is 5.69. The van der Waals surface area contributed by atoms with Crippen LogP contribution < -0.4 is 9.47 Å². The van der Waals surface area contributed by atoms with Crippen LogP contribution in [0, 0.1) is 6.92 Å². The SMILES string of the molecule is COc1nc(C)cc2cc3c(c(OC)c12)C1=C(CC3)CC[C@H]1O. The average Bonchev–Trinajstić information content (AvgIpc) is 2.93. The number of pyridine rings is 1. The van der Waals surface area contributed by atoms with Gasteiger partial charge in [0.05, 0.1) is 25.7 Å². The number of hydrogen-bond donors (Lipinski definition) is 1. The van der Waals surface area contributed by atoms with E-state index in [-0.39, 0.29) is 6.10 Å². The Bertz CT molecular complexity index is 838. The normalized spacial score (nSPS) is 19.7. The van der Waals surface area contributed by atoms with Gasteiger partial charge in [0.1, 0.15) is 5.75 Å². The Hall–Kier alpha value is -2.07. The summed E-state index contributed by atoms with van der Waals surface area (Å²) >= 11 is 0. The second-order valence-corrected chi connectivity index (χ2v) is 6.39. The number of fused-ring (bicyclic) bond motifs is 3. The van der Waals surface area contributed by atoms with E-state index in [0.29, 0.717) is 5.88 Å². The van der Waals surface area contributed by atoms with Crippen molar-refractivity contribution < 1.29 is 14.6 Å². The smallest absolute Gasteiger partial charge is 0.225 e. The van der Waals surface area contributed by atoms with Crippen LogP contribution in [0.1, 0.15) is 36.1 Å². The average molecular weight is 311 g/mol. The maximum atomic E-state index is 10.5. The van der Waals surface area contributed by atoms with E-state index in [1.165, 1.54) is 11.1 Å². The molecule has 0 fully saturated rings. The fourth-order valence-corrected chi connectivity index (χ4v) is 4.10. The first kappa shape index (κ1) is 14.5. The minimum atomic E-state index is -0.389. The monoisotopic (exact) mass is 311 g/mol. The molecule has 0 aliphatic heterocycles. The molecule has 1 atom stereocenters. The summed E-state index contributed by atoms with van der Waals surface area (Å²) in [6.45, 7) is 1.97. The Morgan fingerprint density at radius 3 is 2.70 bits per heavy atom. The molecule has 1 N–H and O–H groups in total. The van der Waals surface area contributed by atoms with Crippen molar-refractivity contribution >= 4 is 16.3 Å². The number of ether oxygens (including phenoxy) is 2. The number of hydrogen-bond acceptors (Lipinski definition) is 4. The molecule has 4 nitrogen and oxygen atoms in total. The second-order valence-electron chi connectivity index (χ2n) is 6.39. The predicted molar refractivity (Wildman–Crippen MR) is 90.1 cm³/mol. The van der Waals surface area contributed by atoms with Gasteiger partial charge in [-0.05, 0) is 61.3 Å². The standard InChI is InChI=1S/C19H21NO3/c1-10-8-13-9-12-5-4-11-6-7-14(21)15(11)16(12)18(22-2)17(13)19(20-10)23-3/h8-9,14,21H,4-7H2,1-3H3/t14-/m1/s1. The van der Waals surface area contributed by atoms with Crippen LogP contribution >= 0.6 is 0 Å². The number of aryl methyl sites for hydroxylation is 2. The van der Waals surface area contributed by atoms with Gasteiger partial charge in [0.25, 0.3) is 0 Å². The summed E-state index contributed by atoms with van der Waals surface area (Å²) in [5.74, 6) is 1.37. The zero-order valence-electron chi connectivity index (χ0n) is 13.8. The van der Waals surface area contributed by atoms with E-state index in [9.17, 15) is 5.11 Å². The highest BCUT2D eigenvalue weighted by Crippen LogP contribution is 2.49. The maximum Gasteiger partial charge on any atom is 0.225 e. The van der Waals surface area contributed by atoms with E-state index in [4.69, 9.17) is 9.47 Å². The summed E-state index contributed by atoms with van der Waals surface area (Å²) in [4.78, 5) is 4.50. The molecule has 120 valence electrons. The van der Waals surface area contributed by atoms with Gasteiger partial charge in [-0.1, -0.05) is 5.57 Å². The molecule has 2 aromatic rings. The van der Waals surface area contributed by atoms with Crippen molar-refractivity contribution in [3.63, 3.8) is 0 Å². The molecule has 1 aromatic heterocycles. The summed E-state index contributed by atoms with van der Waals surface area (Å²) in [7, 11) is 3.32. The van der Waals surface area contributed by atoms with Crippen molar-refractivity contribution in [1.82, 2.24) is 4.98 Å². The Labute approximate surface area is 135 Å². The van der Waals surface area contributed by atoms with Gasteiger partial charge in [0, 0.05) is 11.3 Å². The third-order valence-corrected chi connectivity index (χ3v) is 5.05. The van der Waals surface area contributed by atoms with Gasteiger partial charge in [-0.2, -0.15) is 0 Å². The Balaban J connectivity index is 2.11. The molecule has 2 aliphatic rings. The maximum absolute atomic E-state index is 10.5. The first-order chi connectivity index (χ1) is 11.1. The van der Waals surface area contributed by atoms with E-state index in [2.05, 4.69) is 17.1 Å². The van der Waals surface area contributed by atoms with Crippen molar-refractivity contribution in [2.45, 2.75) is 38.7 Å². The van der Waals surface area contributed by atoms with Crippen LogP contribution in [0.4, 0.5) is 0 Å². The van der Waals surface area contributed by atoms with Gasteiger partial charge in [0.2, 0.25) is 5.88 Å². The van der Waals surface area contributed by atoms with Gasteiger partial charge in [0.15, 0.2) is 0 Å². The topological polar surface area (TPSA) is 51.6 Å². The van der Waals surface area contributed by atoms with Crippen LogP contribution in [0.25, 0.3) is 16.3 Å². The molecule has 0 saturated heterocycles. The minimum Gasteiger partial charge on any atom is -0.495 e. The Morgan fingerprint density at radius 1 is 1.13 bits per heavy atom. The first-order valence-corrected chi connectivity index (χ1v) is 8.09. The molecule has 0 spiro atoms. The van der Waals surface area contributed by atoms with E-state index in [1.54, 1.807) is 14.2 Å². The van der Waals surface area contributed by atoms with Crippen LogP contribution in [0.5, 0.6) is 11.6 Å². The van der Waals surface area contributed by atoms with Gasteiger partial charge in [-0.15, -0.1) is 0 Å². The summed E-state index contributed by atoms with van der Waals surface area (Å²) in [5, 5.41) is 12.5. The van der Waals surface area contributed by atoms with E-state index in [1.807, 2.05) is 6.92 Å². The number of allylic oxidation sites excluding steroid dienone is 1. The minimum absolute atomic E-state index is 0.389. The lowest BCUT2D eigenvalue weighted by molar-refractivity contribution is 0.230. The van der Waals surface area contributed by atoms with Crippen molar-refractivity contribution in [3.05, 3.63) is 34.5 Å². The van der Waals surface area contributed by atoms with Crippen LogP contribution in [-0.4, -0.2) is 30.4 Å². The number of aromatic nitrogens is 1. The number of aliphatic hydroxyl groups is 1. The number of nitrogens with zero attached hydrogens (tertiary/aromatic N) is 1. The molecule has 23 heavy (non-hydrogen) atoms. The summed E-state index contributed by atoms with van der Waals surface area (Å²) < 4.78 is 11.3. The van der Waals surface area contributed by atoms with Gasteiger partial charge in [-0.25, -0.2) is 4.98 Å².